The molecule has 1 amide bonds. The highest BCUT2D eigenvalue weighted by atomic mass is 16.1. The fourth-order valence-electron chi connectivity index (χ4n) is 1.85. The molecule has 5 nitrogen and oxygen atoms in total. The zero-order chi connectivity index (χ0) is 13.7. The van der Waals surface area contributed by atoms with Crippen LogP contribution in [0.2, 0.25) is 0 Å². The Bertz CT molecular complexity index is 536. The molecule has 0 saturated carbocycles. The van der Waals surface area contributed by atoms with Crippen LogP contribution in [0.15, 0.2) is 42.7 Å². The predicted molar refractivity (Wildman–Crippen MR) is 75.3 cm³/mol. The Kier molecular flexibility index (Phi) is 4.30. The Morgan fingerprint density at radius 1 is 1.37 bits per heavy atom. The average Bonchev–Trinajstić information content (AvgIpc) is 2.93. The van der Waals surface area contributed by atoms with Gasteiger partial charge in [0.05, 0.1) is 11.4 Å². The maximum atomic E-state index is 12.0. The molecule has 0 bridgehead atoms. The topological polar surface area (TPSA) is 59.0 Å². The van der Waals surface area contributed by atoms with Gasteiger partial charge in [0.2, 0.25) is 5.91 Å². The first kappa shape index (κ1) is 13.3. The smallest absolute Gasteiger partial charge is 0.228 e. The molecule has 1 aromatic carbocycles. The van der Waals surface area contributed by atoms with Gasteiger partial charge in [0.1, 0.15) is 0 Å². The summed E-state index contributed by atoms with van der Waals surface area (Å²) in [5.74, 6) is -0.0929. The number of carbonyl (C=O) groups is 1. The highest BCUT2D eigenvalue weighted by molar-refractivity contribution is 5.94. The largest absolute Gasteiger partial charge is 0.324 e. The summed E-state index contributed by atoms with van der Waals surface area (Å²) in [6, 6.07) is 9.46. The quantitative estimate of drug-likeness (QED) is 0.857. The molecule has 2 aromatic rings. The Morgan fingerprint density at radius 2 is 2.16 bits per heavy atom. The highest BCUT2D eigenvalue weighted by Crippen LogP contribution is 2.19. The molecule has 0 saturated heterocycles. The van der Waals surface area contributed by atoms with Crippen molar-refractivity contribution in [2.24, 2.45) is 5.92 Å². The maximum absolute atomic E-state index is 12.0. The molecule has 0 fully saturated rings. The Balaban J connectivity index is 2.19. The first-order valence-electron chi connectivity index (χ1n) is 6.27. The molecule has 100 valence electrons. The molecule has 0 aliphatic carbocycles. The fourth-order valence-corrected chi connectivity index (χ4v) is 1.85. The van der Waals surface area contributed by atoms with E-state index in [2.05, 4.69) is 15.7 Å². The number of hydrogen-bond acceptors (Lipinski definition) is 3. The molecule has 0 radical (unpaired) electrons. The van der Waals surface area contributed by atoms with E-state index in [-0.39, 0.29) is 11.8 Å². The molecule has 1 atom stereocenters. The number of rotatable bonds is 5. The molecule has 0 aliphatic rings. The van der Waals surface area contributed by atoms with Crippen LogP contribution in [0.25, 0.3) is 5.69 Å². The Hall–Kier alpha value is -2.14. The van der Waals surface area contributed by atoms with Crippen molar-refractivity contribution in [3.8, 4) is 5.69 Å². The molecule has 1 heterocycles. The number of aromatic nitrogens is 2. The molecule has 0 aliphatic heterocycles. The van der Waals surface area contributed by atoms with Gasteiger partial charge in [-0.25, -0.2) is 4.68 Å². The van der Waals surface area contributed by atoms with Crippen molar-refractivity contribution in [1.29, 1.82) is 0 Å². The molecule has 1 aromatic heterocycles. The lowest BCUT2D eigenvalue weighted by molar-refractivity contribution is -0.119. The molecule has 1 unspecified atom stereocenters. The van der Waals surface area contributed by atoms with Gasteiger partial charge in [0, 0.05) is 24.9 Å². The number of amides is 1. The van der Waals surface area contributed by atoms with Gasteiger partial charge < -0.3 is 10.6 Å². The van der Waals surface area contributed by atoms with Crippen molar-refractivity contribution in [3.05, 3.63) is 42.7 Å². The second kappa shape index (κ2) is 6.15. The zero-order valence-electron chi connectivity index (χ0n) is 11.1. The summed E-state index contributed by atoms with van der Waals surface area (Å²) in [4.78, 5) is 12.0. The zero-order valence-corrected chi connectivity index (χ0v) is 11.1. The second-order valence-corrected chi connectivity index (χ2v) is 4.42. The van der Waals surface area contributed by atoms with Crippen LogP contribution in [0.5, 0.6) is 0 Å². The SMILES string of the molecule is CNCC(C)C(=O)Nc1ccccc1-n1cccn1. The van der Waals surface area contributed by atoms with Gasteiger partial charge in [-0.05, 0) is 25.2 Å². The minimum absolute atomic E-state index is 0.00560. The highest BCUT2D eigenvalue weighted by Gasteiger charge is 2.14. The van der Waals surface area contributed by atoms with E-state index in [1.54, 1.807) is 10.9 Å². The van der Waals surface area contributed by atoms with Gasteiger partial charge in [0.25, 0.3) is 0 Å². The summed E-state index contributed by atoms with van der Waals surface area (Å²) in [7, 11) is 1.83. The molecular formula is C14H18N4O. The molecule has 0 spiro atoms. The normalized spacial score (nSPS) is 12.1. The van der Waals surface area contributed by atoms with Gasteiger partial charge in [-0.1, -0.05) is 19.1 Å². The van der Waals surface area contributed by atoms with E-state index in [0.717, 1.165) is 11.4 Å². The summed E-state index contributed by atoms with van der Waals surface area (Å²) in [5, 5.41) is 10.1. The van der Waals surface area contributed by atoms with Gasteiger partial charge in [-0.2, -0.15) is 5.10 Å². The van der Waals surface area contributed by atoms with E-state index in [1.165, 1.54) is 0 Å². The van der Waals surface area contributed by atoms with E-state index >= 15 is 0 Å². The molecule has 2 rings (SSSR count). The maximum Gasteiger partial charge on any atom is 0.228 e. The number of para-hydroxylation sites is 2. The van der Waals surface area contributed by atoms with Gasteiger partial charge in [-0.15, -0.1) is 0 Å². The molecule has 2 N–H and O–H groups in total. The van der Waals surface area contributed by atoms with E-state index in [1.807, 2.05) is 50.5 Å². The Labute approximate surface area is 112 Å². The van der Waals surface area contributed by atoms with Gasteiger partial charge >= 0.3 is 0 Å². The summed E-state index contributed by atoms with van der Waals surface area (Å²) in [6.07, 6.45) is 3.56. The average molecular weight is 258 g/mol. The first-order valence-corrected chi connectivity index (χ1v) is 6.27. The lowest BCUT2D eigenvalue weighted by Crippen LogP contribution is -2.29. The third-order valence-electron chi connectivity index (χ3n) is 2.87. The number of carbonyl (C=O) groups excluding carboxylic acids is 1. The first-order chi connectivity index (χ1) is 9.22. The number of anilines is 1. The third kappa shape index (κ3) is 3.20. The number of nitrogens with one attached hydrogen (secondary N) is 2. The van der Waals surface area contributed by atoms with Crippen LogP contribution in [0.3, 0.4) is 0 Å². The van der Waals surface area contributed by atoms with Crippen LogP contribution in [0, 0.1) is 5.92 Å². The second-order valence-electron chi connectivity index (χ2n) is 4.42. The van der Waals surface area contributed by atoms with Crippen molar-refractivity contribution < 1.29 is 4.79 Å². The van der Waals surface area contributed by atoms with Crippen molar-refractivity contribution in [2.45, 2.75) is 6.92 Å². The van der Waals surface area contributed by atoms with Gasteiger partial charge in [-0.3, -0.25) is 4.79 Å². The number of hydrogen-bond donors (Lipinski definition) is 2. The number of nitrogens with zero attached hydrogens (tertiary/aromatic N) is 2. The molecular weight excluding hydrogens is 240 g/mol. The van der Waals surface area contributed by atoms with E-state index in [9.17, 15) is 4.79 Å². The summed E-state index contributed by atoms with van der Waals surface area (Å²) < 4.78 is 1.73. The van der Waals surface area contributed by atoms with Gasteiger partial charge in [0.15, 0.2) is 0 Å². The summed E-state index contributed by atoms with van der Waals surface area (Å²) in [6.45, 7) is 2.54. The minimum atomic E-state index is -0.0873. The van der Waals surface area contributed by atoms with Crippen LogP contribution >= 0.6 is 0 Å². The number of benzene rings is 1. The van der Waals surface area contributed by atoms with Crippen LogP contribution in [-0.4, -0.2) is 29.3 Å². The summed E-state index contributed by atoms with van der Waals surface area (Å²) in [5.41, 5.74) is 1.62. The standard InChI is InChI=1S/C14H18N4O/c1-11(10-15-2)14(19)17-12-6-3-4-7-13(12)18-9-5-8-16-18/h3-9,11,15H,10H2,1-2H3,(H,17,19). The monoisotopic (exact) mass is 258 g/mol. The molecule has 5 heteroatoms. The van der Waals surface area contributed by atoms with E-state index < -0.39 is 0 Å². The van der Waals surface area contributed by atoms with Crippen LogP contribution in [-0.2, 0) is 4.79 Å². The predicted octanol–water partition coefficient (Wildman–Crippen LogP) is 1.67. The van der Waals surface area contributed by atoms with Crippen molar-refractivity contribution in [2.75, 3.05) is 18.9 Å². The Morgan fingerprint density at radius 3 is 2.84 bits per heavy atom. The van der Waals surface area contributed by atoms with Crippen LogP contribution < -0.4 is 10.6 Å². The van der Waals surface area contributed by atoms with Crippen LogP contribution in [0.1, 0.15) is 6.92 Å². The van der Waals surface area contributed by atoms with Crippen LogP contribution in [0.4, 0.5) is 5.69 Å². The van der Waals surface area contributed by atoms with Crippen molar-refractivity contribution in [3.63, 3.8) is 0 Å². The van der Waals surface area contributed by atoms with E-state index in [0.29, 0.717) is 6.54 Å². The lowest BCUT2D eigenvalue weighted by Gasteiger charge is -2.14. The minimum Gasteiger partial charge on any atom is -0.324 e. The fraction of sp³-hybridized carbons (Fsp3) is 0.286. The van der Waals surface area contributed by atoms with E-state index in [4.69, 9.17) is 0 Å². The lowest BCUT2D eigenvalue weighted by atomic mass is 10.1. The van der Waals surface area contributed by atoms with Crippen molar-refractivity contribution >= 4 is 11.6 Å². The summed E-state index contributed by atoms with van der Waals surface area (Å²) >= 11 is 0. The van der Waals surface area contributed by atoms with Crippen molar-refractivity contribution in [1.82, 2.24) is 15.1 Å². The third-order valence-corrected chi connectivity index (χ3v) is 2.87. The molecule has 19 heavy (non-hydrogen) atoms.